The number of rotatable bonds is 7. The van der Waals surface area contributed by atoms with Gasteiger partial charge >= 0.3 is 6.09 Å². The van der Waals surface area contributed by atoms with Gasteiger partial charge in [0.05, 0.1) is 24.3 Å². The molecule has 164 valence electrons. The molecule has 1 atom stereocenters. The zero-order chi connectivity index (χ0) is 22.7. The molecule has 1 aliphatic rings. The molecule has 1 amide bonds. The molecule has 1 unspecified atom stereocenters. The molecule has 1 N–H and O–H groups in total. The van der Waals surface area contributed by atoms with Crippen molar-refractivity contribution in [1.29, 1.82) is 5.26 Å². The number of benzene rings is 1. The minimum absolute atomic E-state index is 0.0622. The largest absolute Gasteiger partial charge is 0.488 e. The van der Waals surface area contributed by atoms with Crippen LogP contribution in [0.15, 0.2) is 49.2 Å². The van der Waals surface area contributed by atoms with Crippen LogP contribution in [0.1, 0.15) is 36.4 Å². The lowest BCUT2D eigenvalue weighted by Crippen LogP contribution is -2.37. The van der Waals surface area contributed by atoms with E-state index in [1.165, 1.54) is 0 Å². The van der Waals surface area contributed by atoms with Crippen LogP contribution < -0.4 is 10.1 Å². The Labute approximate surface area is 187 Å². The van der Waals surface area contributed by atoms with Gasteiger partial charge in [0.15, 0.2) is 0 Å². The smallest absolute Gasteiger partial charge is 0.407 e. The second kappa shape index (κ2) is 9.15. The number of hydrogen-bond acceptors (Lipinski definition) is 5. The van der Waals surface area contributed by atoms with Gasteiger partial charge in [0, 0.05) is 35.3 Å². The summed E-state index contributed by atoms with van der Waals surface area (Å²) >= 11 is 0. The number of amides is 1. The van der Waals surface area contributed by atoms with Crippen molar-refractivity contribution in [2.75, 3.05) is 6.61 Å². The highest BCUT2D eigenvalue weighted by molar-refractivity contribution is 5.88. The predicted octanol–water partition coefficient (Wildman–Crippen LogP) is 4.12. The summed E-state index contributed by atoms with van der Waals surface area (Å²) in [7, 11) is 0. The van der Waals surface area contributed by atoms with E-state index in [-0.39, 0.29) is 12.1 Å². The fourth-order valence-electron chi connectivity index (χ4n) is 4.23. The number of aromatic nitrogens is 2. The summed E-state index contributed by atoms with van der Waals surface area (Å²) in [5.41, 5.74) is 4.74. The first-order chi connectivity index (χ1) is 15.5. The number of nitrogens with zero attached hydrogens (tertiary/aromatic N) is 3. The molecule has 32 heavy (non-hydrogen) atoms. The van der Waals surface area contributed by atoms with Crippen LogP contribution in [0.25, 0.3) is 10.9 Å². The number of hydrogen-bond donors (Lipinski definition) is 1. The standard InChI is InChI=1S/C25H26N4O3/c1-4-10-31-24-6-5-9-27-21(24)15-29-22-8-7-17(14-26)11-19(22)20-12-18(13-23(20)29)28-25(30)32-16(2)3/h4-9,11,16,18H,1,10,12-13,15H2,2-3H3,(H,28,30). The van der Waals surface area contributed by atoms with Crippen LogP contribution in [0, 0.1) is 11.3 Å². The van der Waals surface area contributed by atoms with Gasteiger partial charge in [0.1, 0.15) is 18.1 Å². The molecule has 2 aromatic heterocycles. The molecule has 4 rings (SSSR count). The number of ether oxygens (including phenoxy) is 2. The predicted molar refractivity (Wildman–Crippen MR) is 122 cm³/mol. The van der Waals surface area contributed by atoms with E-state index in [9.17, 15) is 10.1 Å². The Morgan fingerprint density at radius 3 is 3.00 bits per heavy atom. The molecule has 0 aliphatic heterocycles. The van der Waals surface area contributed by atoms with Crippen molar-refractivity contribution < 1.29 is 14.3 Å². The molecule has 0 fully saturated rings. The maximum atomic E-state index is 12.1. The first kappa shape index (κ1) is 21.4. The van der Waals surface area contributed by atoms with E-state index in [0.717, 1.165) is 27.9 Å². The molecule has 0 saturated heterocycles. The van der Waals surface area contributed by atoms with Gasteiger partial charge in [-0.1, -0.05) is 12.7 Å². The summed E-state index contributed by atoms with van der Waals surface area (Å²) in [6, 6.07) is 11.6. The number of pyridine rings is 1. The summed E-state index contributed by atoms with van der Waals surface area (Å²) in [4.78, 5) is 16.7. The van der Waals surface area contributed by atoms with Crippen LogP contribution in [0.3, 0.4) is 0 Å². The van der Waals surface area contributed by atoms with E-state index >= 15 is 0 Å². The third kappa shape index (κ3) is 4.30. The number of nitriles is 1. The second-order valence-corrected chi connectivity index (χ2v) is 8.11. The third-order valence-electron chi connectivity index (χ3n) is 5.48. The lowest BCUT2D eigenvalue weighted by Gasteiger charge is -2.16. The van der Waals surface area contributed by atoms with Crippen LogP contribution >= 0.6 is 0 Å². The fourth-order valence-corrected chi connectivity index (χ4v) is 4.23. The molecule has 1 aromatic carbocycles. The van der Waals surface area contributed by atoms with Crippen LogP contribution in [0.4, 0.5) is 4.79 Å². The van der Waals surface area contributed by atoms with E-state index < -0.39 is 6.09 Å². The number of fused-ring (bicyclic) bond motifs is 3. The highest BCUT2D eigenvalue weighted by Gasteiger charge is 2.30. The number of alkyl carbamates (subject to hydrolysis) is 1. The SMILES string of the molecule is C=CCOc1cccnc1Cn1c2c(c3cc(C#N)ccc31)CC(NC(=O)OC(C)C)C2. The molecule has 0 radical (unpaired) electrons. The van der Waals surface area contributed by atoms with Crippen molar-refractivity contribution in [2.24, 2.45) is 0 Å². The van der Waals surface area contributed by atoms with Crippen molar-refractivity contribution in [3.63, 3.8) is 0 Å². The van der Waals surface area contributed by atoms with Crippen LogP contribution in [0.5, 0.6) is 5.75 Å². The number of carbonyl (C=O) groups is 1. The van der Waals surface area contributed by atoms with Gasteiger partial charge in [0.2, 0.25) is 0 Å². The summed E-state index contributed by atoms with van der Waals surface area (Å²) in [5.74, 6) is 0.713. The van der Waals surface area contributed by atoms with Gasteiger partial charge in [-0.15, -0.1) is 0 Å². The third-order valence-corrected chi connectivity index (χ3v) is 5.48. The van der Waals surface area contributed by atoms with E-state index in [1.54, 1.807) is 12.3 Å². The molecular weight excluding hydrogens is 404 g/mol. The highest BCUT2D eigenvalue weighted by atomic mass is 16.6. The Kier molecular flexibility index (Phi) is 6.13. The molecule has 3 aromatic rings. The first-order valence-electron chi connectivity index (χ1n) is 10.7. The monoisotopic (exact) mass is 430 g/mol. The van der Waals surface area contributed by atoms with Gasteiger partial charge in [-0.2, -0.15) is 5.26 Å². The van der Waals surface area contributed by atoms with Gasteiger partial charge in [-0.05, 0) is 56.2 Å². The summed E-state index contributed by atoms with van der Waals surface area (Å²) < 4.78 is 13.3. The van der Waals surface area contributed by atoms with Gasteiger partial charge < -0.3 is 19.4 Å². The average Bonchev–Trinajstić information content (AvgIpc) is 3.29. The van der Waals surface area contributed by atoms with Crippen LogP contribution in [0.2, 0.25) is 0 Å². The quantitative estimate of drug-likeness (QED) is 0.570. The first-order valence-corrected chi connectivity index (χ1v) is 10.7. The summed E-state index contributed by atoms with van der Waals surface area (Å²) in [5, 5.41) is 13.4. The minimum Gasteiger partial charge on any atom is -0.488 e. The Morgan fingerprint density at radius 1 is 1.41 bits per heavy atom. The van der Waals surface area contributed by atoms with Crippen molar-refractivity contribution in [1.82, 2.24) is 14.9 Å². The Balaban J connectivity index is 1.70. The van der Waals surface area contributed by atoms with Gasteiger partial charge in [-0.3, -0.25) is 4.98 Å². The molecule has 7 nitrogen and oxygen atoms in total. The molecule has 2 heterocycles. The van der Waals surface area contributed by atoms with E-state index in [0.29, 0.717) is 37.3 Å². The highest BCUT2D eigenvalue weighted by Crippen LogP contribution is 2.35. The van der Waals surface area contributed by atoms with Crippen molar-refractivity contribution >= 4 is 17.0 Å². The topological polar surface area (TPSA) is 89.2 Å². The molecular formula is C25H26N4O3. The molecule has 0 spiro atoms. The van der Waals surface area contributed by atoms with Crippen LogP contribution in [-0.4, -0.2) is 34.4 Å². The van der Waals surface area contributed by atoms with Crippen molar-refractivity contribution in [3.05, 3.63) is 71.7 Å². The zero-order valence-electron chi connectivity index (χ0n) is 18.3. The molecule has 7 heteroatoms. The van der Waals surface area contributed by atoms with E-state index in [2.05, 4.69) is 27.5 Å². The summed E-state index contributed by atoms with van der Waals surface area (Å²) in [6.07, 6.45) is 4.23. The zero-order valence-corrected chi connectivity index (χ0v) is 18.3. The normalized spacial score (nSPS) is 14.8. The minimum atomic E-state index is -0.409. The molecule has 0 bridgehead atoms. The Morgan fingerprint density at radius 2 is 2.25 bits per heavy atom. The maximum absolute atomic E-state index is 12.1. The lowest BCUT2D eigenvalue weighted by atomic mass is 10.1. The Bertz CT molecular complexity index is 1210. The van der Waals surface area contributed by atoms with Crippen molar-refractivity contribution in [3.8, 4) is 11.8 Å². The molecule has 0 saturated carbocycles. The van der Waals surface area contributed by atoms with Crippen LogP contribution in [-0.2, 0) is 24.1 Å². The Hall–Kier alpha value is -3.79. The van der Waals surface area contributed by atoms with Crippen molar-refractivity contribution in [2.45, 2.75) is 45.4 Å². The number of carbonyl (C=O) groups excluding carboxylic acids is 1. The molecule has 1 aliphatic carbocycles. The van der Waals surface area contributed by atoms with E-state index in [1.807, 2.05) is 44.2 Å². The van der Waals surface area contributed by atoms with Gasteiger partial charge in [-0.25, -0.2) is 4.79 Å². The van der Waals surface area contributed by atoms with Gasteiger partial charge in [0.25, 0.3) is 0 Å². The lowest BCUT2D eigenvalue weighted by molar-refractivity contribution is 0.112. The number of nitrogens with one attached hydrogen (secondary N) is 1. The van der Waals surface area contributed by atoms with E-state index in [4.69, 9.17) is 9.47 Å². The fraction of sp³-hybridized carbons (Fsp3) is 0.320. The summed E-state index contributed by atoms with van der Waals surface area (Å²) in [6.45, 7) is 8.29. The second-order valence-electron chi connectivity index (χ2n) is 8.11. The maximum Gasteiger partial charge on any atom is 0.407 e. The average molecular weight is 431 g/mol.